The summed E-state index contributed by atoms with van der Waals surface area (Å²) in [4.78, 5) is 17.2. The number of nitrogens with one attached hydrogen (secondary N) is 1. The molecule has 0 radical (unpaired) electrons. The number of nitrogens with zero attached hydrogens (tertiary/aromatic N) is 2. The standard InChI is InChI=1S/C11H7N3O/c12-6-9-7-13-11(15)14-10(9)8-4-2-1-3-5-8/h1-5,7H,(H,13,14,15). The average molecular weight is 197 g/mol. The molecule has 15 heavy (non-hydrogen) atoms. The highest BCUT2D eigenvalue weighted by atomic mass is 16.1. The molecule has 1 aromatic heterocycles. The molecule has 0 aliphatic rings. The molecule has 0 unspecified atom stereocenters. The van der Waals surface area contributed by atoms with Crippen molar-refractivity contribution in [3.8, 4) is 17.3 Å². The van der Waals surface area contributed by atoms with Gasteiger partial charge in [0.1, 0.15) is 6.07 Å². The lowest BCUT2D eigenvalue weighted by Gasteiger charge is -2.00. The number of rotatable bonds is 1. The lowest BCUT2D eigenvalue weighted by molar-refractivity contribution is 1.07. The third-order valence-electron chi connectivity index (χ3n) is 1.98. The largest absolute Gasteiger partial charge is 0.345 e. The van der Waals surface area contributed by atoms with E-state index in [1.807, 2.05) is 36.4 Å². The second-order valence-corrected chi connectivity index (χ2v) is 2.95. The Labute approximate surface area is 85.8 Å². The Bertz CT molecular complexity index is 566. The van der Waals surface area contributed by atoms with Crippen molar-refractivity contribution in [2.75, 3.05) is 0 Å². The molecule has 0 saturated heterocycles. The fourth-order valence-corrected chi connectivity index (χ4v) is 1.30. The van der Waals surface area contributed by atoms with Gasteiger partial charge in [-0.1, -0.05) is 30.3 Å². The fraction of sp³-hybridized carbons (Fsp3) is 0. The molecule has 0 spiro atoms. The van der Waals surface area contributed by atoms with Gasteiger partial charge in [-0.2, -0.15) is 10.2 Å². The summed E-state index contributed by atoms with van der Waals surface area (Å²) in [5, 5.41) is 8.86. The van der Waals surface area contributed by atoms with Crippen LogP contribution in [-0.2, 0) is 0 Å². The molecule has 0 amide bonds. The summed E-state index contributed by atoms with van der Waals surface area (Å²) in [6.07, 6.45) is 1.37. The van der Waals surface area contributed by atoms with Gasteiger partial charge in [-0.15, -0.1) is 0 Å². The molecule has 72 valence electrons. The van der Waals surface area contributed by atoms with Gasteiger partial charge in [0.25, 0.3) is 0 Å². The summed E-state index contributed by atoms with van der Waals surface area (Å²) in [5.41, 5.74) is 1.09. The van der Waals surface area contributed by atoms with Gasteiger partial charge in [0.15, 0.2) is 0 Å². The molecule has 0 saturated carbocycles. The van der Waals surface area contributed by atoms with Crippen LogP contribution in [-0.4, -0.2) is 9.97 Å². The Morgan fingerprint density at radius 2 is 2.00 bits per heavy atom. The average Bonchev–Trinajstić information content (AvgIpc) is 2.30. The highest BCUT2D eigenvalue weighted by Crippen LogP contribution is 2.17. The van der Waals surface area contributed by atoms with Crippen molar-refractivity contribution in [1.82, 2.24) is 9.97 Å². The molecule has 2 rings (SSSR count). The van der Waals surface area contributed by atoms with E-state index < -0.39 is 5.69 Å². The summed E-state index contributed by atoms with van der Waals surface area (Å²) in [5.74, 6) is 0. The van der Waals surface area contributed by atoms with Crippen LogP contribution in [0.25, 0.3) is 11.3 Å². The van der Waals surface area contributed by atoms with E-state index in [0.29, 0.717) is 11.3 Å². The predicted octanol–water partition coefficient (Wildman–Crippen LogP) is 1.31. The van der Waals surface area contributed by atoms with Gasteiger partial charge in [-0.25, -0.2) is 4.79 Å². The van der Waals surface area contributed by atoms with Crippen LogP contribution in [0, 0.1) is 11.3 Å². The molecule has 2 aromatic rings. The van der Waals surface area contributed by atoms with Crippen molar-refractivity contribution < 1.29 is 0 Å². The van der Waals surface area contributed by atoms with Gasteiger partial charge in [0, 0.05) is 11.8 Å². The summed E-state index contributed by atoms with van der Waals surface area (Å²) in [7, 11) is 0. The summed E-state index contributed by atoms with van der Waals surface area (Å²) >= 11 is 0. The minimum Gasteiger partial charge on any atom is -0.311 e. The van der Waals surface area contributed by atoms with Crippen LogP contribution in [0.3, 0.4) is 0 Å². The number of aromatic amines is 1. The van der Waals surface area contributed by atoms with Crippen LogP contribution in [0.15, 0.2) is 41.3 Å². The molecule has 4 heteroatoms. The molecule has 4 nitrogen and oxygen atoms in total. The summed E-state index contributed by atoms with van der Waals surface area (Å²) < 4.78 is 0. The number of nitriles is 1. The van der Waals surface area contributed by atoms with Crippen LogP contribution in [0.4, 0.5) is 0 Å². The smallest absolute Gasteiger partial charge is 0.311 e. The van der Waals surface area contributed by atoms with Crippen LogP contribution in [0.5, 0.6) is 0 Å². The minimum absolute atomic E-state index is 0.362. The van der Waals surface area contributed by atoms with E-state index in [4.69, 9.17) is 5.26 Å². The van der Waals surface area contributed by atoms with Gasteiger partial charge in [-0.3, -0.25) is 0 Å². The first-order chi connectivity index (χ1) is 7.31. The van der Waals surface area contributed by atoms with E-state index in [-0.39, 0.29) is 0 Å². The van der Waals surface area contributed by atoms with E-state index in [2.05, 4.69) is 9.97 Å². The zero-order valence-electron chi connectivity index (χ0n) is 7.77. The van der Waals surface area contributed by atoms with Crippen molar-refractivity contribution >= 4 is 0 Å². The summed E-state index contributed by atoms with van der Waals surface area (Å²) in [6, 6.07) is 11.1. The first-order valence-corrected chi connectivity index (χ1v) is 4.36. The van der Waals surface area contributed by atoms with Gasteiger partial charge in [-0.05, 0) is 0 Å². The van der Waals surface area contributed by atoms with E-state index in [1.54, 1.807) is 0 Å². The lowest BCUT2D eigenvalue weighted by atomic mass is 10.1. The molecule has 0 atom stereocenters. The van der Waals surface area contributed by atoms with E-state index in [0.717, 1.165) is 5.56 Å². The Balaban J connectivity index is 2.68. The Kier molecular flexibility index (Phi) is 2.30. The Morgan fingerprint density at radius 3 is 2.67 bits per heavy atom. The van der Waals surface area contributed by atoms with Crippen molar-refractivity contribution in [3.63, 3.8) is 0 Å². The molecule has 0 aliphatic heterocycles. The molecular weight excluding hydrogens is 190 g/mol. The molecule has 1 N–H and O–H groups in total. The maximum Gasteiger partial charge on any atom is 0.345 e. The predicted molar refractivity (Wildman–Crippen MR) is 55.0 cm³/mol. The third-order valence-corrected chi connectivity index (χ3v) is 1.98. The maximum absolute atomic E-state index is 11.1. The first kappa shape index (κ1) is 9.16. The van der Waals surface area contributed by atoms with Crippen LogP contribution in [0.1, 0.15) is 5.56 Å². The van der Waals surface area contributed by atoms with Gasteiger partial charge >= 0.3 is 5.69 Å². The SMILES string of the molecule is N#Cc1c[nH]c(=O)nc1-c1ccccc1. The van der Waals surface area contributed by atoms with Gasteiger partial charge < -0.3 is 4.98 Å². The Hall–Kier alpha value is -2.41. The van der Waals surface area contributed by atoms with Gasteiger partial charge in [0.05, 0.1) is 11.3 Å². The lowest BCUT2D eigenvalue weighted by Crippen LogP contribution is -2.11. The van der Waals surface area contributed by atoms with Gasteiger partial charge in [0.2, 0.25) is 0 Å². The minimum atomic E-state index is -0.451. The number of hydrogen-bond acceptors (Lipinski definition) is 3. The number of aromatic nitrogens is 2. The topological polar surface area (TPSA) is 69.5 Å². The highest BCUT2D eigenvalue weighted by molar-refractivity contribution is 5.65. The summed E-state index contributed by atoms with van der Waals surface area (Å²) in [6.45, 7) is 0. The van der Waals surface area contributed by atoms with Crippen molar-refractivity contribution in [2.45, 2.75) is 0 Å². The zero-order valence-corrected chi connectivity index (χ0v) is 7.77. The van der Waals surface area contributed by atoms with Crippen LogP contribution >= 0.6 is 0 Å². The molecular formula is C11H7N3O. The normalized spacial score (nSPS) is 9.53. The zero-order chi connectivity index (χ0) is 10.7. The second-order valence-electron chi connectivity index (χ2n) is 2.95. The maximum atomic E-state index is 11.1. The molecule has 0 fully saturated rings. The number of hydrogen-bond donors (Lipinski definition) is 1. The fourth-order valence-electron chi connectivity index (χ4n) is 1.30. The third kappa shape index (κ3) is 1.76. The van der Waals surface area contributed by atoms with Crippen LogP contribution < -0.4 is 5.69 Å². The number of benzene rings is 1. The monoisotopic (exact) mass is 197 g/mol. The van der Waals surface area contributed by atoms with Crippen molar-refractivity contribution in [3.05, 3.63) is 52.6 Å². The second kappa shape index (κ2) is 3.76. The highest BCUT2D eigenvalue weighted by Gasteiger charge is 2.06. The molecule has 0 bridgehead atoms. The quantitative estimate of drug-likeness (QED) is 0.749. The van der Waals surface area contributed by atoms with E-state index in [9.17, 15) is 4.79 Å². The van der Waals surface area contributed by atoms with Crippen LogP contribution in [0.2, 0.25) is 0 Å². The number of H-pyrrole nitrogens is 1. The first-order valence-electron chi connectivity index (χ1n) is 4.36. The molecule has 0 aliphatic carbocycles. The molecule has 1 heterocycles. The van der Waals surface area contributed by atoms with E-state index in [1.165, 1.54) is 6.20 Å². The van der Waals surface area contributed by atoms with Crippen molar-refractivity contribution in [1.29, 1.82) is 5.26 Å². The molecule has 1 aromatic carbocycles. The Morgan fingerprint density at radius 1 is 1.27 bits per heavy atom. The van der Waals surface area contributed by atoms with Crippen molar-refractivity contribution in [2.24, 2.45) is 0 Å². The van der Waals surface area contributed by atoms with E-state index >= 15 is 0 Å².